The lowest BCUT2D eigenvalue weighted by molar-refractivity contribution is -0.0451. The number of aromatic amines is 1. The topological polar surface area (TPSA) is 171 Å². The molecule has 138 valence electrons. The van der Waals surface area contributed by atoms with Crippen LogP contribution in [0.1, 0.15) is 25.1 Å². The van der Waals surface area contributed by atoms with Crippen molar-refractivity contribution < 1.29 is 33.8 Å². The van der Waals surface area contributed by atoms with Gasteiger partial charge in [-0.05, 0) is 13.8 Å². The van der Waals surface area contributed by atoms with Gasteiger partial charge in [0.05, 0.1) is 12.7 Å². The van der Waals surface area contributed by atoms with Crippen molar-refractivity contribution in [2.45, 2.75) is 38.7 Å². The molecule has 0 amide bonds. The fourth-order valence-corrected chi connectivity index (χ4v) is 2.35. The monoisotopic (exact) mass is 368 g/mol. The summed E-state index contributed by atoms with van der Waals surface area (Å²) >= 11 is 0. The third-order valence-corrected chi connectivity index (χ3v) is 3.55. The predicted octanol–water partition coefficient (Wildman–Crippen LogP) is -1.40. The number of ether oxygens (including phenoxy) is 1. The molecule has 1 aliphatic rings. The van der Waals surface area contributed by atoms with Gasteiger partial charge in [0.2, 0.25) is 0 Å². The molecule has 2 rings (SSSR count). The molecule has 5 N–H and O–H groups in total. The highest BCUT2D eigenvalue weighted by atomic mass is 31.2. The minimum atomic E-state index is -4.67. The Morgan fingerprint density at radius 1 is 1.46 bits per heavy atom. The molecular formula is C12H21N2O9P. The molecule has 1 fully saturated rings. The summed E-state index contributed by atoms with van der Waals surface area (Å²) in [6.07, 6.45) is -1.57. The standard InChI is InChI=1S/C10H15N2O8P.C2H6O/c1-5-3-12(10(15)11-9(5)14)8-2-6(13)7(20-8)4-19-21(16,17)18;1-2-3/h3,6-8,13H,2,4H2,1H3,(H,11,14,15)(H2,16,17,18);3H,2H2,1H3/t6-,7+,8+;/m0./s1. The number of aromatic nitrogens is 2. The summed E-state index contributed by atoms with van der Waals surface area (Å²) in [6, 6.07) is 0. The molecule has 1 saturated heterocycles. The molecule has 0 aromatic carbocycles. The molecule has 1 aromatic heterocycles. The van der Waals surface area contributed by atoms with E-state index in [-0.39, 0.29) is 13.0 Å². The minimum absolute atomic E-state index is 0.0283. The predicted molar refractivity (Wildman–Crippen MR) is 81.3 cm³/mol. The van der Waals surface area contributed by atoms with Crippen LogP contribution in [0.3, 0.4) is 0 Å². The summed E-state index contributed by atoms with van der Waals surface area (Å²) in [5.41, 5.74) is -0.918. The average molecular weight is 368 g/mol. The van der Waals surface area contributed by atoms with E-state index in [4.69, 9.17) is 19.6 Å². The van der Waals surface area contributed by atoms with E-state index >= 15 is 0 Å². The normalized spacial score (nSPS) is 23.7. The first-order valence-electron chi connectivity index (χ1n) is 7.05. The molecule has 11 nitrogen and oxygen atoms in total. The van der Waals surface area contributed by atoms with Crippen LogP contribution in [0.2, 0.25) is 0 Å². The van der Waals surface area contributed by atoms with Crippen LogP contribution in [0.25, 0.3) is 0 Å². The van der Waals surface area contributed by atoms with Gasteiger partial charge in [0.1, 0.15) is 12.3 Å². The summed E-state index contributed by atoms with van der Waals surface area (Å²) in [7, 11) is -4.67. The zero-order valence-corrected chi connectivity index (χ0v) is 14.0. The number of phosphoric acid groups is 1. The molecule has 0 spiro atoms. The summed E-state index contributed by atoms with van der Waals surface area (Å²) in [5, 5.41) is 17.4. The second-order valence-corrected chi connectivity index (χ2v) is 6.25. The van der Waals surface area contributed by atoms with E-state index in [0.29, 0.717) is 5.56 Å². The Morgan fingerprint density at radius 3 is 2.58 bits per heavy atom. The lowest BCUT2D eigenvalue weighted by Gasteiger charge is -2.16. The number of hydrogen-bond acceptors (Lipinski definition) is 7. The van der Waals surface area contributed by atoms with Crippen molar-refractivity contribution in [2.75, 3.05) is 13.2 Å². The largest absolute Gasteiger partial charge is 0.469 e. The molecule has 0 unspecified atom stereocenters. The minimum Gasteiger partial charge on any atom is -0.397 e. The maximum Gasteiger partial charge on any atom is 0.469 e. The molecule has 0 saturated carbocycles. The van der Waals surface area contributed by atoms with Crippen LogP contribution in [-0.4, -0.2) is 55.0 Å². The molecule has 0 radical (unpaired) electrons. The van der Waals surface area contributed by atoms with Gasteiger partial charge < -0.3 is 24.7 Å². The Labute approximate surface area is 136 Å². The van der Waals surface area contributed by atoms with E-state index in [0.717, 1.165) is 4.57 Å². The number of H-pyrrole nitrogens is 1. The fourth-order valence-electron chi connectivity index (χ4n) is 2.01. The first-order valence-corrected chi connectivity index (χ1v) is 8.58. The first-order chi connectivity index (χ1) is 11.1. The van der Waals surface area contributed by atoms with E-state index in [2.05, 4.69) is 9.51 Å². The number of rotatable bonds is 4. The van der Waals surface area contributed by atoms with Gasteiger partial charge in [-0.15, -0.1) is 0 Å². The number of hydrogen-bond donors (Lipinski definition) is 5. The third-order valence-electron chi connectivity index (χ3n) is 3.07. The summed E-state index contributed by atoms with van der Waals surface area (Å²) < 4.78 is 21.4. The van der Waals surface area contributed by atoms with Crippen molar-refractivity contribution in [2.24, 2.45) is 0 Å². The van der Waals surface area contributed by atoms with Gasteiger partial charge in [0.15, 0.2) is 0 Å². The van der Waals surface area contributed by atoms with E-state index in [1.54, 1.807) is 6.92 Å². The van der Waals surface area contributed by atoms with Gasteiger partial charge in [-0.2, -0.15) is 0 Å². The van der Waals surface area contributed by atoms with Gasteiger partial charge in [-0.3, -0.25) is 18.9 Å². The van der Waals surface area contributed by atoms with Gasteiger partial charge in [-0.25, -0.2) is 9.36 Å². The van der Waals surface area contributed by atoms with Crippen molar-refractivity contribution >= 4 is 7.82 Å². The van der Waals surface area contributed by atoms with E-state index in [1.165, 1.54) is 13.1 Å². The van der Waals surface area contributed by atoms with Crippen molar-refractivity contribution in [1.82, 2.24) is 9.55 Å². The van der Waals surface area contributed by atoms with Crippen LogP contribution in [0.15, 0.2) is 15.8 Å². The van der Waals surface area contributed by atoms with Gasteiger partial charge in [-0.1, -0.05) is 0 Å². The number of nitrogens with zero attached hydrogens (tertiary/aromatic N) is 1. The summed E-state index contributed by atoms with van der Waals surface area (Å²) in [4.78, 5) is 42.3. The smallest absolute Gasteiger partial charge is 0.397 e. The first kappa shape index (κ1) is 20.7. The zero-order chi connectivity index (χ0) is 18.5. The Hall–Kier alpha value is -1.33. The SMILES string of the molecule is CCO.Cc1cn([C@H]2C[C@H](O)[C@@H](COP(=O)(O)O)O2)c(=O)[nH]c1=O. The Morgan fingerprint density at radius 2 is 2.04 bits per heavy atom. The van der Waals surface area contributed by atoms with Crippen LogP contribution in [0.4, 0.5) is 0 Å². The average Bonchev–Trinajstić information content (AvgIpc) is 2.82. The Kier molecular flexibility index (Phi) is 7.49. The zero-order valence-electron chi connectivity index (χ0n) is 13.2. The number of aliphatic hydroxyl groups excluding tert-OH is 2. The number of nitrogens with one attached hydrogen (secondary N) is 1. The molecule has 24 heavy (non-hydrogen) atoms. The van der Waals surface area contributed by atoms with Crippen LogP contribution in [0, 0.1) is 6.92 Å². The molecule has 1 aromatic rings. The maximum atomic E-state index is 11.7. The molecule has 12 heteroatoms. The quantitative estimate of drug-likeness (QED) is 0.401. The molecule has 0 bridgehead atoms. The Balaban J connectivity index is 0.000000891. The van der Waals surface area contributed by atoms with Crippen molar-refractivity contribution in [3.8, 4) is 0 Å². The van der Waals surface area contributed by atoms with Crippen LogP contribution < -0.4 is 11.2 Å². The maximum absolute atomic E-state index is 11.7. The van der Waals surface area contributed by atoms with E-state index < -0.39 is 44.1 Å². The second kappa shape index (κ2) is 8.67. The van der Waals surface area contributed by atoms with Crippen molar-refractivity contribution in [1.29, 1.82) is 0 Å². The molecular weight excluding hydrogens is 347 g/mol. The lowest BCUT2D eigenvalue weighted by Crippen LogP contribution is -2.33. The van der Waals surface area contributed by atoms with Crippen LogP contribution in [-0.2, 0) is 13.8 Å². The number of aliphatic hydroxyl groups is 2. The summed E-state index contributed by atoms with van der Waals surface area (Å²) in [6.45, 7) is 2.92. The molecule has 2 heterocycles. The Bertz CT molecular complexity index is 695. The van der Waals surface area contributed by atoms with Crippen molar-refractivity contribution in [3.05, 3.63) is 32.6 Å². The van der Waals surface area contributed by atoms with Crippen LogP contribution >= 0.6 is 7.82 Å². The van der Waals surface area contributed by atoms with E-state index in [1.807, 2.05) is 0 Å². The fraction of sp³-hybridized carbons (Fsp3) is 0.667. The molecule has 3 atom stereocenters. The highest BCUT2D eigenvalue weighted by Crippen LogP contribution is 2.38. The third kappa shape index (κ3) is 5.95. The number of aryl methyl sites for hydroxylation is 1. The highest BCUT2D eigenvalue weighted by molar-refractivity contribution is 7.46. The van der Waals surface area contributed by atoms with Crippen LogP contribution in [0.5, 0.6) is 0 Å². The van der Waals surface area contributed by atoms with E-state index in [9.17, 15) is 19.3 Å². The second-order valence-electron chi connectivity index (χ2n) is 5.01. The van der Waals surface area contributed by atoms with Gasteiger partial charge in [0.25, 0.3) is 5.56 Å². The summed E-state index contributed by atoms with van der Waals surface area (Å²) in [5.74, 6) is 0. The highest BCUT2D eigenvalue weighted by Gasteiger charge is 2.37. The molecule has 1 aliphatic heterocycles. The molecule has 0 aliphatic carbocycles. The van der Waals surface area contributed by atoms with Crippen molar-refractivity contribution in [3.63, 3.8) is 0 Å². The lowest BCUT2D eigenvalue weighted by atomic mass is 10.2. The van der Waals surface area contributed by atoms with Gasteiger partial charge >= 0.3 is 13.5 Å². The van der Waals surface area contributed by atoms with Gasteiger partial charge in [0, 0.05) is 24.8 Å². The number of phosphoric ester groups is 1.